The summed E-state index contributed by atoms with van der Waals surface area (Å²) in [5.41, 5.74) is 3.42. The minimum atomic E-state index is -0.383. The van der Waals surface area contributed by atoms with E-state index in [0.717, 1.165) is 11.4 Å². The fraction of sp³-hybridized carbons (Fsp3) is 0.357. The van der Waals surface area contributed by atoms with Crippen LogP contribution in [0.5, 0.6) is 0 Å². The molecule has 0 fully saturated rings. The minimum Gasteiger partial charge on any atom is -0.462 e. The maximum Gasteiger partial charge on any atom is 0.343 e. The van der Waals surface area contributed by atoms with Crippen LogP contribution in [-0.4, -0.2) is 27.2 Å². The molecule has 2 heterocycles. The zero-order valence-corrected chi connectivity index (χ0v) is 11.4. The topological polar surface area (TPSA) is 56.5 Å². The molecule has 2 rings (SSSR count). The van der Waals surface area contributed by atoms with Gasteiger partial charge in [0.2, 0.25) is 0 Å². The highest BCUT2D eigenvalue weighted by molar-refractivity contribution is 5.97. The molecule has 0 saturated heterocycles. The Hall–Kier alpha value is -2.17. The van der Waals surface area contributed by atoms with Gasteiger partial charge in [0.25, 0.3) is 0 Å². The summed E-state index contributed by atoms with van der Waals surface area (Å²) in [7, 11) is 0. The van der Waals surface area contributed by atoms with Gasteiger partial charge in [-0.3, -0.25) is 0 Å². The first-order valence-corrected chi connectivity index (χ1v) is 6.16. The smallest absolute Gasteiger partial charge is 0.343 e. The molecule has 0 radical (unpaired) electrons. The zero-order valence-electron chi connectivity index (χ0n) is 11.4. The Kier molecular flexibility index (Phi) is 3.64. The zero-order chi connectivity index (χ0) is 14.0. The number of aromatic nitrogens is 3. The highest BCUT2D eigenvalue weighted by atomic mass is 16.5. The summed E-state index contributed by atoms with van der Waals surface area (Å²) in [6.07, 6.45) is 2.35. The Labute approximate surface area is 111 Å². The molecule has 5 heteroatoms. The van der Waals surface area contributed by atoms with Crippen LogP contribution in [-0.2, 0) is 4.74 Å². The lowest BCUT2D eigenvalue weighted by atomic mass is 10.2. The van der Waals surface area contributed by atoms with Gasteiger partial charge in [0.15, 0.2) is 5.65 Å². The molecule has 2 aromatic rings. The maximum atomic E-state index is 12.1. The predicted octanol–water partition coefficient (Wildman–Crippen LogP) is 2.39. The lowest BCUT2D eigenvalue weighted by molar-refractivity contribution is 0.0513. The average molecular weight is 259 g/mol. The van der Waals surface area contributed by atoms with Gasteiger partial charge in [-0.1, -0.05) is 6.08 Å². The first kappa shape index (κ1) is 13.3. The van der Waals surface area contributed by atoms with E-state index < -0.39 is 0 Å². The number of fused-ring (bicyclic) bond motifs is 1. The summed E-state index contributed by atoms with van der Waals surface area (Å²) in [5.74, 6) is -0.383. The van der Waals surface area contributed by atoms with Gasteiger partial charge in [0.1, 0.15) is 5.56 Å². The van der Waals surface area contributed by atoms with Crippen LogP contribution in [0.15, 0.2) is 18.7 Å². The van der Waals surface area contributed by atoms with Crippen LogP contribution in [0.4, 0.5) is 0 Å². The van der Waals surface area contributed by atoms with Crippen LogP contribution in [0.1, 0.15) is 33.9 Å². The third-order valence-electron chi connectivity index (χ3n) is 2.83. The molecule has 0 N–H and O–H groups in total. The van der Waals surface area contributed by atoms with Crippen molar-refractivity contribution in [3.63, 3.8) is 0 Å². The van der Waals surface area contributed by atoms with Crippen molar-refractivity contribution in [2.75, 3.05) is 6.61 Å². The Bertz CT molecular complexity index is 644. The summed E-state index contributed by atoms with van der Waals surface area (Å²) < 4.78 is 6.87. The fourth-order valence-electron chi connectivity index (χ4n) is 1.97. The second kappa shape index (κ2) is 5.22. The van der Waals surface area contributed by atoms with Crippen molar-refractivity contribution >= 4 is 11.6 Å². The summed E-state index contributed by atoms with van der Waals surface area (Å²) in [4.78, 5) is 16.5. The Morgan fingerprint density at radius 1 is 1.47 bits per heavy atom. The van der Waals surface area contributed by atoms with Crippen molar-refractivity contribution in [2.24, 2.45) is 0 Å². The van der Waals surface area contributed by atoms with Crippen molar-refractivity contribution in [3.8, 4) is 0 Å². The number of carbonyl (C=O) groups excluding carboxylic acids is 1. The van der Waals surface area contributed by atoms with Crippen LogP contribution in [0.2, 0.25) is 0 Å². The standard InChI is InChI=1S/C14H17N3O2/c1-5-6-7-19-14(18)12-11(4)16-17-10(3)8-9(2)15-13(12)17/h5,8H,1,6-7H2,2-4H3. The predicted molar refractivity (Wildman–Crippen MR) is 72.3 cm³/mol. The number of carbonyl (C=O) groups is 1. The first-order valence-electron chi connectivity index (χ1n) is 6.16. The number of hydrogen-bond donors (Lipinski definition) is 0. The van der Waals surface area contributed by atoms with E-state index in [1.807, 2.05) is 19.9 Å². The highest BCUT2D eigenvalue weighted by Crippen LogP contribution is 2.17. The van der Waals surface area contributed by atoms with Crippen LogP contribution in [0.25, 0.3) is 5.65 Å². The molecule has 5 nitrogen and oxygen atoms in total. The Balaban J connectivity index is 2.45. The van der Waals surface area contributed by atoms with Crippen molar-refractivity contribution in [1.29, 1.82) is 0 Å². The number of nitrogens with zero attached hydrogens (tertiary/aromatic N) is 3. The van der Waals surface area contributed by atoms with E-state index in [0.29, 0.717) is 29.9 Å². The molecule has 100 valence electrons. The molecule has 0 amide bonds. The second-order valence-corrected chi connectivity index (χ2v) is 4.45. The largest absolute Gasteiger partial charge is 0.462 e. The fourth-order valence-corrected chi connectivity index (χ4v) is 1.97. The van der Waals surface area contributed by atoms with Crippen molar-refractivity contribution in [1.82, 2.24) is 14.6 Å². The molecule has 0 atom stereocenters. The van der Waals surface area contributed by atoms with E-state index in [-0.39, 0.29) is 5.97 Å². The summed E-state index contributed by atoms with van der Waals surface area (Å²) >= 11 is 0. The number of ether oxygens (including phenoxy) is 1. The normalized spacial score (nSPS) is 10.7. The van der Waals surface area contributed by atoms with Crippen LogP contribution in [0.3, 0.4) is 0 Å². The van der Waals surface area contributed by atoms with Gasteiger partial charge >= 0.3 is 5.97 Å². The summed E-state index contributed by atoms with van der Waals surface area (Å²) in [5, 5.41) is 4.34. The molecule has 0 saturated carbocycles. The summed E-state index contributed by atoms with van der Waals surface area (Å²) in [6.45, 7) is 9.52. The Morgan fingerprint density at radius 2 is 2.21 bits per heavy atom. The monoisotopic (exact) mass is 259 g/mol. The van der Waals surface area contributed by atoms with E-state index in [2.05, 4.69) is 16.7 Å². The van der Waals surface area contributed by atoms with Gasteiger partial charge < -0.3 is 4.74 Å². The number of aryl methyl sites for hydroxylation is 3. The number of rotatable bonds is 4. The van der Waals surface area contributed by atoms with E-state index in [9.17, 15) is 4.79 Å². The molecule has 0 aliphatic carbocycles. The number of hydrogen-bond acceptors (Lipinski definition) is 4. The van der Waals surface area contributed by atoms with Crippen molar-refractivity contribution < 1.29 is 9.53 Å². The molecule has 0 bridgehead atoms. The molecule has 0 aromatic carbocycles. The van der Waals surface area contributed by atoms with Crippen LogP contribution >= 0.6 is 0 Å². The molecule has 0 aliphatic heterocycles. The molecular formula is C14H17N3O2. The summed E-state index contributed by atoms with van der Waals surface area (Å²) in [6, 6.07) is 1.92. The van der Waals surface area contributed by atoms with Gasteiger partial charge in [-0.2, -0.15) is 5.10 Å². The second-order valence-electron chi connectivity index (χ2n) is 4.45. The van der Waals surface area contributed by atoms with E-state index in [1.54, 1.807) is 17.5 Å². The van der Waals surface area contributed by atoms with Gasteiger partial charge in [-0.15, -0.1) is 6.58 Å². The van der Waals surface area contributed by atoms with Crippen LogP contribution in [0, 0.1) is 20.8 Å². The Morgan fingerprint density at radius 3 is 2.89 bits per heavy atom. The van der Waals surface area contributed by atoms with Crippen molar-refractivity contribution in [2.45, 2.75) is 27.2 Å². The lowest BCUT2D eigenvalue weighted by Crippen LogP contribution is -2.08. The lowest BCUT2D eigenvalue weighted by Gasteiger charge is -2.03. The first-order chi connectivity index (χ1) is 9.04. The SMILES string of the molecule is C=CCCOC(=O)c1c(C)nn2c(C)cc(C)nc12. The van der Waals surface area contributed by atoms with E-state index in [1.165, 1.54) is 0 Å². The third kappa shape index (κ3) is 2.50. The van der Waals surface area contributed by atoms with E-state index in [4.69, 9.17) is 4.74 Å². The van der Waals surface area contributed by atoms with Crippen LogP contribution < -0.4 is 0 Å². The van der Waals surface area contributed by atoms with Gasteiger partial charge in [-0.25, -0.2) is 14.3 Å². The van der Waals surface area contributed by atoms with E-state index >= 15 is 0 Å². The minimum absolute atomic E-state index is 0.323. The average Bonchev–Trinajstić information content (AvgIpc) is 2.66. The molecule has 0 unspecified atom stereocenters. The molecule has 2 aromatic heterocycles. The number of esters is 1. The molecule has 19 heavy (non-hydrogen) atoms. The van der Waals surface area contributed by atoms with Crippen molar-refractivity contribution in [3.05, 3.63) is 41.4 Å². The third-order valence-corrected chi connectivity index (χ3v) is 2.83. The maximum absolute atomic E-state index is 12.1. The van der Waals surface area contributed by atoms with Gasteiger partial charge in [0.05, 0.1) is 12.3 Å². The highest BCUT2D eigenvalue weighted by Gasteiger charge is 2.20. The molecule has 0 aliphatic rings. The quantitative estimate of drug-likeness (QED) is 0.480. The van der Waals surface area contributed by atoms with Gasteiger partial charge in [0, 0.05) is 11.4 Å². The molecular weight excluding hydrogens is 242 g/mol. The van der Waals surface area contributed by atoms with Gasteiger partial charge in [-0.05, 0) is 33.3 Å². The molecule has 0 spiro atoms.